The van der Waals surface area contributed by atoms with Crippen molar-refractivity contribution in [1.29, 1.82) is 0 Å². The molecular formula is C21H26ClN7O3. The van der Waals surface area contributed by atoms with Gasteiger partial charge in [0.05, 0.1) is 18.4 Å². The van der Waals surface area contributed by atoms with Crippen molar-refractivity contribution in [2.45, 2.75) is 38.5 Å². The maximum atomic E-state index is 11.5. The van der Waals surface area contributed by atoms with E-state index in [0.717, 1.165) is 29.7 Å². The summed E-state index contributed by atoms with van der Waals surface area (Å²) in [6, 6.07) is 8.97. The molecule has 7 N–H and O–H groups in total. The Morgan fingerprint density at radius 3 is 2.44 bits per heavy atom. The molecule has 1 saturated heterocycles. The number of hydrogen-bond acceptors (Lipinski definition) is 9. The van der Waals surface area contributed by atoms with Crippen molar-refractivity contribution in [1.82, 2.24) is 19.5 Å². The van der Waals surface area contributed by atoms with E-state index in [2.05, 4.69) is 15.0 Å². The third-order valence-corrected chi connectivity index (χ3v) is 5.20. The van der Waals surface area contributed by atoms with Gasteiger partial charge in [-0.15, -0.1) is 0 Å². The fourth-order valence-corrected chi connectivity index (χ4v) is 3.53. The van der Waals surface area contributed by atoms with Crippen LogP contribution >= 0.6 is 11.6 Å². The molecule has 1 aliphatic rings. The fourth-order valence-electron chi connectivity index (χ4n) is 3.40. The third-order valence-electron chi connectivity index (χ3n) is 4.95. The molecule has 0 spiro atoms. The van der Waals surface area contributed by atoms with Crippen LogP contribution < -0.4 is 22.9 Å². The second-order valence-electron chi connectivity index (χ2n) is 7.16. The lowest BCUT2D eigenvalue weighted by atomic mass is 10.0. The largest absolute Gasteiger partial charge is 0.394 e. The van der Waals surface area contributed by atoms with Gasteiger partial charge in [0, 0.05) is 16.8 Å². The minimum absolute atomic E-state index is 0.0202. The van der Waals surface area contributed by atoms with Crippen molar-refractivity contribution in [3.05, 3.63) is 57.7 Å². The molecule has 2 aromatic heterocycles. The lowest BCUT2D eigenvalue weighted by Gasteiger charge is -2.14. The molecular weight excluding hydrogens is 434 g/mol. The number of nitrogen functional groups attached to an aromatic ring is 3. The van der Waals surface area contributed by atoms with Crippen LogP contribution in [0.25, 0.3) is 11.1 Å². The van der Waals surface area contributed by atoms with Crippen molar-refractivity contribution in [3.63, 3.8) is 0 Å². The van der Waals surface area contributed by atoms with Gasteiger partial charge >= 0.3 is 5.69 Å². The number of anilines is 3. The minimum atomic E-state index is -0.418. The number of ether oxygens (including phenoxy) is 1. The topological polar surface area (TPSA) is 168 Å². The molecule has 0 bridgehead atoms. The first-order valence-electron chi connectivity index (χ1n) is 10.1. The number of aromatic nitrogens is 4. The Bertz CT molecular complexity index is 1120. The van der Waals surface area contributed by atoms with E-state index in [4.69, 9.17) is 38.6 Å². The highest BCUT2D eigenvalue weighted by molar-refractivity contribution is 6.30. The minimum Gasteiger partial charge on any atom is -0.394 e. The van der Waals surface area contributed by atoms with Gasteiger partial charge in [-0.3, -0.25) is 4.57 Å². The highest BCUT2D eigenvalue weighted by atomic mass is 35.5. The predicted molar refractivity (Wildman–Crippen MR) is 124 cm³/mol. The van der Waals surface area contributed by atoms with Gasteiger partial charge in [-0.2, -0.15) is 9.97 Å². The first-order chi connectivity index (χ1) is 15.3. The van der Waals surface area contributed by atoms with Crippen LogP contribution in [0.5, 0.6) is 0 Å². The summed E-state index contributed by atoms with van der Waals surface area (Å²) in [6.07, 6.45) is 3.25. The molecule has 3 heterocycles. The molecule has 2 atom stereocenters. The van der Waals surface area contributed by atoms with Crippen LogP contribution in [0.1, 0.15) is 31.7 Å². The number of halogens is 1. The molecule has 0 aliphatic carbocycles. The number of nitrogens with two attached hydrogens (primary N) is 3. The maximum absolute atomic E-state index is 11.5. The van der Waals surface area contributed by atoms with Gasteiger partial charge in [0.2, 0.25) is 5.95 Å². The monoisotopic (exact) mass is 459 g/mol. The average Bonchev–Trinajstić information content (AvgIpc) is 3.23. The standard InChI is InChI=1S/C12H13ClN4.C9H13N3O3/c1-2-9-10(11(14)17-12(15)16-9)7-3-5-8(13)6-4-7;10-7-3-4-12(9(14)11-7)8-2-1-6(5-13)15-8/h3-6H,2H2,1H3,(H4,14,15,16,17);3-4,6,8,13H,1-2,5H2,(H2,10,11,14)/t;6-,8+/m.0/s1. The average molecular weight is 460 g/mol. The van der Waals surface area contributed by atoms with Crippen molar-refractivity contribution in [3.8, 4) is 11.1 Å². The first-order valence-corrected chi connectivity index (χ1v) is 10.5. The van der Waals surface area contributed by atoms with Crippen molar-refractivity contribution < 1.29 is 9.84 Å². The van der Waals surface area contributed by atoms with Crippen LogP contribution in [0.3, 0.4) is 0 Å². The molecule has 4 rings (SSSR count). The Kier molecular flexibility index (Phi) is 7.62. The number of hydrogen-bond donors (Lipinski definition) is 4. The molecule has 32 heavy (non-hydrogen) atoms. The molecule has 0 amide bonds. The number of aliphatic hydroxyl groups excluding tert-OH is 1. The molecule has 11 heteroatoms. The molecule has 3 aromatic rings. The Balaban J connectivity index is 0.000000182. The van der Waals surface area contributed by atoms with Gasteiger partial charge in [-0.1, -0.05) is 30.7 Å². The highest BCUT2D eigenvalue weighted by Crippen LogP contribution is 2.29. The van der Waals surface area contributed by atoms with Crippen molar-refractivity contribution in [2.75, 3.05) is 23.8 Å². The molecule has 1 aliphatic heterocycles. The Hall–Kier alpha value is -3.21. The third kappa shape index (κ3) is 5.52. The van der Waals surface area contributed by atoms with Gasteiger partial charge in [0.15, 0.2) is 0 Å². The SMILES string of the molecule is CCc1nc(N)nc(N)c1-c1ccc(Cl)cc1.Nc1ccn([C@H]2CC[C@@H](CO)O2)c(=O)n1. The molecule has 1 fully saturated rings. The van der Waals surface area contributed by atoms with Gasteiger partial charge < -0.3 is 27.0 Å². The van der Waals surface area contributed by atoms with Crippen LogP contribution in [0.15, 0.2) is 41.3 Å². The highest BCUT2D eigenvalue weighted by Gasteiger charge is 2.26. The second kappa shape index (κ2) is 10.4. The summed E-state index contributed by atoms with van der Waals surface area (Å²) in [5, 5.41) is 9.58. The zero-order valence-electron chi connectivity index (χ0n) is 17.6. The van der Waals surface area contributed by atoms with E-state index >= 15 is 0 Å². The number of benzene rings is 1. The van der Waals surface area contributed by atoms with E-state index < -0.39 is 5.69 Å². The van der Waals surface area contributed by atoms with Crippen LogP contribution in [0.2, 0.25) is 5.02 Å². The molecule has 1 aromatic carbocycles. The lowest BCUT2D eigenvalue weighted by molar-refractivity contribution is -0.0245. The molecule has 0 radical (unpaired) electrons. The summed E-state index contributed by atoms with van der Waals surface area (Å²) in [7, 11) is 0. The first kappa shape index (κ1) is 23.5. The number of rotatable bonds is 4. The maximum Gasteiger partial charge on any atom is 0.351 e. The Morgan fingerprint density at radius 2 is 1.84 bits per heavy atom. The zero-order chi connectivity index (χ0) is 23.3. The summed E-state index contributed by atoms with van der Waals surface area (Å²) in [4.78, 5) is 23.3. The molecule has 170 valence electrons. The van der Waals surface area contributed by atoms with E-state index in [9.17, 15) is 4.79 Å². The van der Waals surface area contributed by atoms with E-state index in [-0.39, 0.29) is 30.7 Å². The molecule has 0 saturated carbocycles. The summed E-state index contributed by atoms with van der Waals surface area (Å²) in [5.74, 6) is 0.807. The normalized spacial score (nSPS) is 17.6. The van der Waals surface area contributed by atoms with Crippen molar-refractivity contribution >= 4 is 29.2 Å². The van der Waals surface area contributed by atoms with Crippen LogP contribution in [-0.2, 0) is 11.2 Å². The predicted octanol–water partition coefficient (Wildman–Crippen LogP) is 2.02. The van der Waals surface area contributed by atoms with Crippen LogP contribution in [0.4, 0.5) is 17.6 Å². The van der Waals surface area contributed by atoms with Gasteiger partial charge in [-0.05, 0) is 43.0 Å². The van der Waals surface area contributed by atoms with E-state index in [1.165, 1.54) is 4.57 Å². The molecule has 10 nitrogen and oxygen atoms in total. The lowest BCUT2D eigenvalue weighted by Crippen LogP contribution is -2.27. The summed E-state index contributed by atoms with van der Waals surface area (Å²) < 4.78 is 6.84. The fraction of sp³-hybridized carbons (Fsp3) is 0.333. The van der Waals surface area contributed by atoms with Crippen molar-refractivity contribution in [2.24, 2.45) is 0 Å². The van der Waals surface area contributed by atoms with Gasteiger partial charge in [-0.25, -0.2) is 9.78 Å². The number of aryl methyl sites for hydroxylation is 1. The van der Waals surface area contributed by atoms with Crippen LogP contribution in [-0.4, -0.2) is 37.3 Å². The van der Waals surface area contributed by atoms with Gasteiger partial charge in [0.25, 0.3) is 0 Å². The number of nitrogens with zero attached hydrogens (tertiary/aromatic N) is 4. The summed E-state index contributed by atoms with van der Waals surface area (Å²) in [5.41, 5.74) is 19.1. The van der Waals surface area contributed by atoms with E-state index in [0.29, 0.717) is 17.3 Å². The van der Waals surface area contributed by atoms with E-state index in [1.807, 2.05) is 31.2 Å². The second-order valence-corrected chi connectivity index (χ2v) is 7.60. The quantitative estimate of drug-likeness (QED) is 0.455. The summed E-state index contributed by atoms with van der Waals surface area (Å²) in [6.45, 7) is 1.98. The van der Waals surface area contributed by atoms with E-state index in [1.54, 1.807) is 12.3 Å². The zero-order valence-corrected chi connectivity index (χ0v) is 18.4. The van der Waals surface area contributed by atoms with Crippen LogP contribution in [0, 0.1) is 0 Å². The Morgan fingerprint density at radius 1 is 1.12 bits per heavy atom. The smallest absolute Gasteiger partial charge is 0.351 e. The summed E-state index contributed by atoms with van der Waals surface area (Å²) >= 11 is 5.86. The van der Waals surface area contributed by atoms with Gasteiger partial charge in [0.1, 0.15) is 17.9 Å². The Labute approximate surface area is 190 Å². The number of aliphatic hydroxyl groups is 1. The molecule has 0 unspecified atom stereocenters.